The van der Waals surface area contributed by atoms with Crippen molar-refractivity contribution in [2.24, 2.45) is 4.99 Å². The standard InChI is InChI=1S/C11H13NS/c1-2-10-8-12-11(13-10)9-6-4-3-5-7-9/h3-7,10H,2,8H2,1H3. The maximum absolute atomic E-state index is 4.54. The second kappa shape index (κ2) is 3.97. The molecule has 1 aliphatic rings. The van der Waals surface area contributed by atoms with Crippen LogP contribution in [0.3, 0.4) is 0 Å². The van der Waals surface area contributed by atoms with Crippen LogP contribution in [0, 0.1) is 0 Å². The fourth-order valence-corrected chi connectivity index (χ4v) is 2.42. The first-order valence-corrected chi connectivity index (χ1v) is 5.54. The Morgan fingerprint density at radius 1 is 1.38 bits per heavy atom. The predicted octanol–water partition coefficient (Wildman–Crippen LogP) is 2.96. The van der Waals surface area contributed by atoms with Gasteiger partial charge in [-0.2, -0.15) is 0 Å². The molecule has 1 aromatic rings. The van der Waals surface area contributed by atoms with Crippen molar-refractivity contribution in [2.45, 2.75) is 18.6 Å². The number of hydrogen-bond donors (Lipinski definition) is 0. The van der Waals surface area contributed by atoms with Crippen LogP contribution in [0.15, 0.2) is 35.3 Å². The summed E-state index contributed by atoms with van der Waals surface area (Å²) in [6, 6.07) is 10.4. The molecule has 0 bridgehead atoms. The van der Waals surface area contributed by atoms with Crippen molar-refractivity contribution in [1.82, 2.24) is 0 Å². The number of rotatable bonds is 2. The van der Waals surface area contributed by atoms with Gasteiger partial charge in [0, 0.05) is 10.8 Å². The highest BCUT2D eigenvalue weighted by molar-refractivity contribution is 8.15. The minimum absolute atomic E-state index is 0.704. The summed E-state index contributed by atoms with van der Waals surface area (Å²) < 4.78 is 0. The van der Waals surface area contributed by atoms with E-state index in [1.54, 1.807) is 0 Å². The molecule has 2 rings (SSSR count). The van der Waals surface area contributed by atoms with Gasteiger partial charge in [-0.1, -0.05) is 37.3 Å². The molecular weight excluding hydrogens is 178 g/mol. The lowest BCUT2D eigenvalue weighted by Crippen LogP contribution is -1.99. The Balaban J connectivity index is 2.12. The van der Waals surface area contributed by atoms with E-state index in [4.69, 9.17) is 0 Å². The van der Waals surface area contributed by atoms with Crippen LogP contribution in [0.25, 0.3) is 0 Å². The normalized spacial score (nSPS) is 21.6. The van der Waals surface area contributed by atoms with Crippen molar-refractivity contribution in [1.29, 1.82) is 0 Å². The molecule has 0 saturated heterocycles. The third-order valence-corrected chi connectivity index (χ3v) is 3.60. The Bertz CT molecular complexity index is 305. The van der Waals surface area contributed by atoms with E-state index in [1.165, 1.54) is 17.0 Å². The van der Waals surface area contributed by atoms with Gasteiger partial charge in [0.1, 0.15) is 0 Å². The molecule has 0 N–H and O–H groups in total. The van der Waals surface area contributed by atoms with Gasteiger partial charge in [-0.15, -0.1) is 11.8 Å². The third kappa shape index (κ3) is 1.94. The second-order valence-electron chi connectivity index (χ2n) is 3.16. The van der Waals surface area contributed by atoms with Crippen LogP contribution >= 0.6 is 11.8 Å². The number of aliphatic imine (C=N–C) groups is 1. The van der Waals surface area contributed by atoms with Gasteiger partial charge in [-0.3, -0.25) is 4.99 Å². The number of thioether (sulfide) groups is 1. The highest BCUT2D eigenvalue weighted by Gasteiger charge is 2.18. The summed E-state index contributed by atoms with van der Waals surface area (Å²) in [4.78, 5) is 4.54. The Morgan fingerprint density at radius 2 is 2.15 bits per heavy atom. The zero-order valence-electron chi connectivity index (χ0n) is 7.73. The van der Waals surface area contributed by atoms with Crippen molar-refractivity contribution in [3.05, 3.63) is 35.9 Å². The van der Waals surface area contributed by atoms with Crippen molar-refractivity contribution in [3.8, 4) is 0 Å². The second-order valence-corrected chi connectivity index (χ2v) is 4.45. The van der Waals surface area contributed by atoms with E-state index in [1.807, 2.05) is 17.8 Å². The Morgan fingerprint density at radius 3 is 2.77 bits per heavy atom. The summed E-state index contributed by atoms with van der Waals surface area (Å²) >= 11 is 1.91. The summed E-state index contributed by atoms with van der Waals surface area (Å²) in [5.41, 5.74) is 1.27. The predicted molar refractivity (Wildman–Crippen MR) is 59.5 cm³/mol. The van der Waals surface area contributed by atoms with Gasteiger partial charge in [0.05, 0.1) is 11.6 Å². The van der Waals surface area contributed by atoms with Crippen LogP contribution in [-0.2, 0) is 0 Å². The van der Waals surface area contributed by atoms with Gasteiger partial charge in [0.25, 0.3) is 0 Å². The Hall–Kier alpha value is -0.760. The van der Waals surface area contributed by atoms with Gasteiger partial charge in [0.2, 0.25) is 0 Å². The first-order chi connectivity index (χ1) is 6.40. The van der Waals surface area contributed by atoms with Crippen LogP contribution in [0.4, 0.5) is 0 Å². The van der Waals surface area contributed by atoms with Gasteiger partial charge in [-0.05, 0) is 6.42 Å². The van der Waals surface area contributed by atoms with E-state index in [0.29, 0.717) is 5.25 Å². The topological polar surface area (TPSA) is 12.4 Å². The zero-order valence-corrected chi connectivity index (χ0v) is 8.55. The average molecular weight is 191 g/mol. The average Bonchev–Trinajstić information content (AvgIpc) is 2.67. The van der Waals surface area contributed by atoms with E-state index in [9.17, 15) is 0 Å². The molecule has 1 unspecified atom stereocenters. The molecule has 68 valence electrons. The monoisotopic (exact) mass is 191 g/mol. The minimum atomic E-state index is 0.704. The molecule has 1 atom stereocenters. The maximum Gasteiger partial charge on any atom is 0.0980 e. The van der Waals surface area contributed by atoms with Crippen LogP contribution in [0.5, 0.6) is 0 Å². The van der Waals surface area contributed by atoms with Crippen LogP contribution in [-0.4, -0.2) is 16.8 Å². The molecular formula is C11H13NS. The van der Waals surface area contributed by atoms with Crippen LogP contribution in [0.2, 0.25) is 0 Å². The van der Waals surface area contributed by atoms with Crippen molar-refractivity contribution in [3.63, 3.8) is 0 Å². The fraction of sp³-hybridized carbons (Fsp3) is 0.364. The lowest BCUT2D eigenvalue weighted by Gasteiger charge is -2.03. The summed E-state index contributed by atoms with van der Waals surface area (Å²) in [5.74, 6) is 0. The molecule has 13 heavy (non-hydrogen) atoms. The lowest BCUT2D eigenvalue weighted by molar-refractivity contribution is 0.844. The van der Waals surface area contributed by atoms with Crippen molar-refractivity contribution in [2.75, 3.05) is 6.54 Å². The fourth-order valence-electron chi connectivity index (χ4n) is 1.37. The Labute approximate surface area is 83.3 Å². The molecule has 1 aromatic carbocycles. The minimum Gasteiger partial charge on any atom is -0.277 e. The number of hydrogen-bond acceptors (Lipinski definition) is 2. The first-order valence-electron chi connectivity index (χ1n) is 4.66. The molecule has 1 aliphatic heterocycles. The van der Waals surface area contributed by atoms with E-state index in [-0.39, 0.29) is 0 Å². The van der Waals surface area contributed by atoms with Crippen molar-refractivity contribution >= 4 is 16.8 Å². The third-order valence-electron chi connectivity index (χ3n) is 2.19. The Kier molecular flexibility index (Phi) is 2.69. The lowest BCUT2D eigenvalue weighted by atomic mass is 10.2. The maximum atomic E-state index is 4.54. The molecule has 0 spiro atoms. The largest absolute Gasteiger partial charge is 0.277 e. The molecule has 0 radical (unpaired) electrons. The molecule has 0 aromatic heterocycles. The molecule has 1 nitrogen and oxygen atoms in total. The summed E-state index contributed by atoms with van der Waals surface area (Å²) in [7, 11) is 0. The molecule has 1 heterocycles. The smallest absolute Gasteiger partial charge is 0.0980 e. The van der Waals surface area contributed by atoms with Gasteiger partial charge < -0.3 is 0 Å². The zero-order chi connectivity index (χ0) is 9.10. The van der Waals surface area contributed by atoms with Gasteiger partial charge in [0.15, 0.2) is 0 Å². The quantitative estimate of drug-likeness (QED) is 0.700. The molecule has 0 amide bonds. The molecule has 0 fully saturated rings. The van der Waals surface area contributed by atoms with E-state index in [0.717, 1.165) is 6.54 Å². The highest BCUT2D eigenvalue weighted by Crippen LogP contribution is 2.27. The van der Waals surface area contributed by atoms with E-state index < -0.39 is 0 Å². The number of nitrogens with zero attached hydrogens (tertiary/aromatic N) is 1. The van der Waals surface area contributed by atoms with E-state index in [2.05, 4.69) is 36.2 Å². The summed E-state index contributed by atoms with van der Waals surface area (Å²) in [5, 5.41) is 1.92. The molecule has 0 saturated carbocycles. The first kappa shape index (κ1) is 8.82. The molecule has 2 heteroatoms. The van der Waals surface area contributed by atoms with Gasteiger partial charge in [-0.25, -0.2) is 0 Å². The van der Waals surface area contributed by atoms with Crippen LogP contribution in [0.1, 0.15) is 18.9 Å². The van der Waals surface area contributed by atoms with Gasteiger partial charge >= 0.3 is 0 Å². The summed E-state index contributed by atoms with van der Waals surface area (Å²) in [6.45, 7) is 3.21. The van der Waals surface area contributed by atoms with Crippen molar-refractivity contribution < 1.29 is 0 Å². The molecule has 0 aliphatic carbocycles. The number of benzene rings is 1. The van der Waals surface area contributed by atoms with E-state index >= 15 is 0 Å². The SMILES string of the molecule is CCC1CN=C(c2ccccc2)S1. The summed E-state index contributed by atoms with van der Waals surface area (Å²) in [6.07, 6.45) is 1.21. The van der Waals surface area contributed by atoms with Crippen LogP contribution < -0.4 is 0 Å². The highest BCUT2D eigenvalue weighted by atomic mass is 32.2.